The lowest BCUT2D eigenvalue weighted by atomic mass is 10.1. The van der Waals surface area contributed by atoms with Crippen LogP contribution < -0.4 is 10.9 Å². The van der Waals surface area contributed by atoms with Gasteiger partial charge in [0.25, 0.3) is 11.5 Å². The van der Waals surface area contributed by atoms with Gasteiger partial charge in [0.05, 0.1) is 0 Å². The van der Waals surface area contributed by atoms with Gasteiger partial charge in [0.1, 0.15) is 5.69 Å². The van der Waals surface area contributed by atoms with Gasteiger partial charge in [-0.05, 0) is 36.4 Å². The highest BCUT2D eigenvalue weighted by atomic mass is 32.1. The van der Waals surface area contributed by atoms with Crippen LogP contribution in [-0.4, -0.2) is 40.1 Å². The third-order valence-corrected chi connectivity index (χ3v) is 4.95. The molecule has 0 aliphatic carbocycles. The predicted molar refractivity (Wildman–Crippen MR) is 85.1 cm³/mol. The molecular formula is C15H18N4O2S. The number of hydrogen-bond donors (Lipinski definition) is 2. The Bertz CT molecular complexity index is 704. The van der Waals surface area contributed by atoms with E-state index in [-0.39, 0.29) is 23.2 Å². The first-order valence-corrected chi connectivity index (χ1v) is 8.14. The zero-order valence-electron chi connectivity index (χ0n) is 12.3. The maximum atomic E-state index is 12.0. The van der Waals surface area contributed by atoms with Gasteiger partial charge >= 0.3 is 0 Å². The first kappa shape index (κ1) is 14.9. The standard InChI is InChI=1S/C15H18N4O2S/c1-10(19-6-4-13-11(9-19)5-7-22-13)8-16-15(21)12-2-3-14(20)18-17-12/h2-3,5,7,10H,4,6,8-9H2,1H3,(H,16,21)(H,18,20)/t10-/m0/s1. The number of amides is 1. The second-order valence-corrected chi connectivity index (χ2v) is 6.46. The molecule has 22 heavy (non-hydrogen) atoms. The fourth-order valence-corrected chi connectivity index (χ4v) is 3.47. The van der Waals surface area contributed by atoms with Crippen LogP contribution >= 0.6 is 11.3 Å². The van der Waals surface area contributed by atoms with Gasteiger partial charge in [-0.1, -0.05) is 0 Å². The summed E-state index contributed by atoms with van der Waals surface area (Å²) in [6.07, 6.45) is 1.08. The van der Waals surface area contributed by atoms with Crippen molar-refractivity contribution in [3.05, 3.63) is 50.1 Å². The minimum absolute atomic E-state index is 0.227. The zero-order chi connectivity index (χ0) is 15.5. The summed E-state index contributed by atoms with van der Waals surface area (Å²) in [7, 11) is 0. The van der Waals surface area contributed by atoms with Crippen LogP contribution in [0.3, 0.4) is 0 Å². The van der Waals surface area contributed by atoms with E-state index in [0.29, 0.717) is 6.54 Å². The molecule has 0 saturated carbocycles. The first-order valence-electron chi connectivity index (χ1n) is 7.26. The molecule has 0 fully saturated rings. The summed E-state index contributed by atoms with van der Waals surface area (Å²) >= 11 is 1.82. The number of aromatic amines is 1. The van der Waals surface area contributed by atoms with E-state index < -0.39 is 0 Å². The summed E-state index contributed by atoms with van der Waals surface area (Å²) in [6.45, 7) is 4.62. The molecule has 2 N–H and O–H groups in total. The normalized spacial score (nSPS) is 16.0. The van der Waals surface area contributed by atoms with Crippen LogP contribution in [-0.2, 0) is 13.0 Å². The Morgan fingerprint density at radius 2 is 2.36 bits per heavy atom. The van der Waals surface area contributed by atoms with Crippen LogP contribution in [0, 0.1) is 0 Å². The van der Waals surface area contributed by atoms with Crippen molar-refractivity contribution in [1.29, 1.82) is 0 Å². The summed E-state index contributed by atoms with van der Waals surface area (Å²) in [5, 5.41) is 11.0. The second-order valence-electron chi connectivity index (χ2n) is 5.45. The Balaban J connectivity index is 1.54. The molecule has 1 atom stereocenters. The van der Waals surface area contributed by atoms with Crippen molar-refractivity contribution in [3.63, 3.8) is 0 Å². The number of aromatic nitrogens is 2. The molecule has 0 aromatic carbocycles. The minimum Gasteiger partial charge on any atom is -0.349 e. The number of nitrogens with one attached hydrogen (secondary N) is 2. The lowest BCUT2D eigenvalue weighted by Gasteiger charge is -2.32. The Morgan fingerprint density at radius 3 is 3.14 bits per heavy atom. The van der Waals surface area contributed by atoms with E-state index >= 15 is 0 Å². The topological polar surface area (TPSA) is 78.1 Å². The Hall–Kier alpha value is -1.99. The average Bonchev–Trinajstić information content (AvgIpc) is 3.00. The maximum Gasteiger partial charge on any atom is 0.271 e. The van der Waals surface area contributed by atoms with Crippen LogP contribution in [0.2, 0.25) is 0 Å². The highest BCUT2D eigenvalue weighted by molar-refractivity contribution is 7.10. The second kappa shape index (κ2) is 6.41. The fourth-order valence-electron chi connectivity index (χ4n) is 2.58. The van der Waals surface area contributed by atoms with Crippen LogP contribution in [0.1, 0.15) is 27.9 Å². The number of nitrogens with zero attached hydrogens (tertiary/aromatic N) is 2. The zero-order valence-corrected chi connectivity index (χ0v) is 13.2. The van der Waals surface area contributed by atoms with E-state index in [2.05, 4.69) is 38.8 Å². The maximum absolute atomic E-state index is 12.0. The molecule has 1 aliphatic rings. The molecule has 7 heteroatoms. The number of rotatable bonds is 4. The van der Waals surface area contributed by atoms with Gasteiger partial charge in [0.15, 0.2) is 0 Å². The van der Waals surface area contributed by atoms with Gasteiger partial charge in [0, 0.05) is 36.6 Å². The van der Waals surface area contributed by atoms with E-state index in [1.54, 1.807) is 0 Å². The Morgan fingerprint density at radius 1 is 1.50 bits per heavy atom. The fraction of sp³-hybridized carbons (Fsp3) is 0.400. The molecule has 116 valence electrons. The van der Waals surface area contributed by atoms with Crippen molar-refractivity contribution >= 4 is 17.2 Å². The number of thiophene rings is 1. The molecule has 6 nitrogen and oxygen atoms in total. The lowest BCUT2D eigenvalue weighted by Crippen LogP contribution is -2.44. The van der Waals surface area contributed by atoms with Crippen molar-refractivity contribution < 1.29 is 4.79 Å². The molecule has 2 aromatic rings. The van der Waals surface area contributed by atoms with Crippen molar-refractivity contribution in [2.24, 2.45) is 0 Å². The van der Waals surface area contributed by atoms with Crippen molar-refractivity contribution in [1.82, 2.24) is 20.4 Å². The van der Waals surface area contributed by atoms with Crippen LogP contribution in [0.5, 0.6) is 0 Å². The molecule has 0 bridgehead atoms. The SMILES string of the molecule is C[C@@H](CNC(=O)c1ccc(=O)[nH]n1)N1CCc2sccc2C1. The minimum atomic E-state index is -0.315. The molecule has 1 amide bonds. The van der Waals surface area contributed by atoms with Gasteiger partial charge in [-0.25, -0.2) is 5.10 Å². The van der Waals surface area contributed by atoms with Crippen molar-refractivity contribution in [2.75, 3.05) is 13.1 Å². The average molecular weight is 318 g/mol. The number of carbonyl (C=O) groups excluding carboxylic acids is 1. The van der Waals surface area contributed by atoms with Crippen molar-refractivity contribution in [3.8, 4) is 0 Å². The lowest BCUT2D eigenvalue weighted by molar-refractivity contribution is 0.0926. The number of H-pyrrole nitrogens is 1. The number of carbonyl (C=O) groups is 1. The van der Waals surface area contributed by atoms with E-state index in [1.165, 1.54) is 22.6 Å². The molecule has 0 unspecified atom stereocenters. The first-order chi connectivity index (χ1) is 10.6. The largest absolute Gasteiger partial charge is 0.349 e. The summed E-state index contributed by atoms with van der Waals surface area (Å²) in [4.78, 5) is 26.8. The van der Waals surface area contributed by atoms with Gasteiger partial charge in [0.2, 0.25) is 0 Å². The summed E-state index contributed by atoms with van der Waals surface area (Å²) in [6, 6.07) is 5.16. The third-order valence-electron chi connectivity index (χ3n) is 3.93. The number of hydrogen-bond acceptors (Lipinski definition) is 5. The smallest absolute Gasteiger partial charge is 0.271 e. The van der Waals surface area contributed by atoms with Crippen molar-refractivity contribution in [2.45, 2.75) is 25.9 Å². The highest BCUT2D eigenvalue weighted by Gasteiger charge is 2.21. The van der Waals surface area contributed by atoms with Crippen LogP contribution in [0.15, 0.2) is 28.4 Å². The quantitative estimate of drug-likeness (QED) is 0.882. The van der Waals surface area contributed by atoms with Crippen LogP contribution in [0.4, 0.5) is 0 Å². The molecule has 0 saturated heterocycles. The van der Waals surface area contributed by atoms with E-state index in [4.69, 9.17) is 0 Å². The summed E-state index contributed by atoms with van der Waals surface area (Å²) in [5.41, 5.74) is 1.31. The van der Waals surface area contributed by atoms with E-state index in [9.17, 15) is 9.59 Å². The van der Waals surface area contributed by atoms with E-state index in [1.807, 2.05) is 11.3 Å². The predicted octanol–water partition coefficient (Wildman–Crippen LogP) is 1.01. The van der Waals surface area contributed by atoms with E-state index in [0.717, 1.165) is 19.5 Å². The summed E-state index contributed by atoms with van der Waals surface area (Å²) < 4.78 is 0. The van der Waals surface area contributed by atoms with Gasteiger partial charge in [-0.15, -0.1) is 11.3 Å². The third kappa shape index (κ3) is 3.26. The molecule has 0 radical (unpaired) electrons. The van der Waals surface area contributed by atoms with Crippen LogP contribution in [0.25, 0.3) is 0 Å². The molecule has 2 aromatic heterocycles. The molecule has 0 spiro atoms. The molecule has 3 heterocycles. The van der Waals surface area contributed by atoms with Gasteiger partial charge < -0.3 is 5.32 Å². The van der Waals surface area contributed by atoms with Gasteiger partial charge in [-0.3, -0.25) is 14.5 Å². The Kier molecular flexibility index (Phi) is 4.35. The highest BCUT2D eigenvalue weighted by Crippen LogP contribution is 2.24. The monoisotopic (exact) mass is 318 g/mol. The number of fused-ring (bicyclic) bond motifs is 1. The Labute approximate surface area is 132 Å². The summed E-state index contributed by atoms with van der Waals surface area (Å²) in [5.74, 6) is -0.267. The molecule has 3 rings (SSSR count). The van der Waals surface area contributed by atoms with Gasteiger partial charge in [-0.2, -0.15) is 5.10 Å². The molecule has 1 aliphatic heterocycles. The molecular weight excluding hydrogens is 300 g/mol.